The number of carbonyl (C=O) groups excluding carboxylic acids is 2. The number of nitrogens with one attached hydrogen (secondary N) is 1. The highest BCUT2D eigenvalue weighted by molar-refractivity contribution is 7.90. The number of benzene rings is 2. The highest BCUT2D eigenvalue weighted by Crippen LogP contribution is 2.23. The van der Waals surface area contributed by atoms with Gasteiger partial charge in [-0.05, 0) is 36.8 Å². The second-order valence-corrected chi connectivity index (χ2v) is 8.49. The lowest BCUT2D eigenvalue weighted by Crippen LogP contribution is -2.45. The van der Waals surface area contributed by atoms with Crippen LogP contribution < -0.4 is 0 Å². The van der Waals surface area contributed by atoms with E-state index in [4.69, 9.17) is 0 Å². The minimum absolute atomic E-state index is 0.0525. The van der Waals surface area contributed by atoms with Crippen LogP contribution >= 0.6 is 0 Å². The van der Waals surface area contributed by atoms with E-state index in [1.807, 2.05) is 0 Å². The number of sulfone groups is 1. The van der Waals surface area contributed by atoms with Crippen molar-refractivity contribution in [2.45, 2.75) is 11.3 Å². The van der Waals surface area contributed by atoms with Crippen molar-refractivity contribution in [2.24, 2.45) is 0 Å². The van der Waals surface area contributed by atoms with Gasteiger partial charge in [-0.25, -0.2) is 18.4 Å². The first-order valence-electron chi connectivity index (χ1n) is 8.59. The molecule has 1 aromatic heterocycles. The molecular formula is C18H17N5O4S. The van der Waals surface area contributed by atoms with Crippen LogP contribution in [-0.2, 0) is 9.84 Å². The zero-order valence-corrected chi connectivity index (χ0v) is 15.8. The molecule has 0 atom stereocenters. The molecule has 1 N–H and O–H groups in total. The summed E-state index contributed by atoms with van der Waals surface area (Å²) in [5, 5.41) is 13.1. The van der Waals surface area contributed by atoms with Crippen molar-refractivity contribution < 1.29 is 18.0 Å². The van der Waals surface area contributed by atoms with E-state index in [0.29, 0.717) is 36.1 Å². The molecular weight excluding hydrogens is 382 g/mol. The van der Waals surface area contributed by atoms with Gasteiger partial charge in [0.25, 0.3) is 11.8 Å². The van der Waals surface area contributed by atoms with E-state index < -0.39 is 15.7 Å². The summed E-state index contributed by atoms with van der Waals surface area (Å²) in [7, 11) is -3.59. The predicted octanol–water partition coefficient (Wildman–Crippen LogP) is 1.26. The Morgan fingerprint density at radius 2 is 1.64 bits per heavy atom. The molecule has 144 valence electrons. The van der Waals surface area contributed by atoms with Crippen molar-refractivity contribution in [1.82, 2.24) is 25.4 Å². The van der Waals surface area contributed by atoms with Gasteiger partial charge < -0.3 is 0 Å². The number of aromatic nitrogens is 3. The van der Waals surface area contributed by atoms with Gasteiger partial charge in [-0.3, -0.25) is 9.59 Å². The monoisotopic (exact) mass is 399 g/mol. The number of rotatable bonds is 3. The summed E-state index contributed by atoms with van der Waals surface area (Å²) in [6.07, 6.45) is 1.66. The Labute approximate surface area is 160 Å². The second kappa shape index (κ2) is 6.71. The number of aromatic amines is 1. The molecule has 2 amide bonds. The molecule has 4 rings (SSSR count). The van der Waals surface area contributed by atoms with Crippen LogP contribution in [0.25, 0.3) is 11.0 Å². The van der Waals surface area contributed by atoms with Gasteiger partial charge >= 0.3 is 0 Å². The number of hydrogen-bond acceptors (Lipinski definition) is 6. The first-order valence-corrected chi connectivity index (χ1v) is 10.5. The van der Waals surface area contributed by atoms with Crippen LogP contribution in [0.15, 0.2) is 47.4 Å². The number of fused-ring (bicyclic) bond motifs is 1. The van der Waals surface area contributed by atoms with Crippen molar-refractivity contribution in [3.05, 3.63) is 53.6 Å². The first kappa shape index (κ1) is 18.1. The molecule has 1 saturated heterocycles. The average Bonchev–Trinajstić information content (AvgIpc) is 3.34. The summed E-state index contributed by atoms with van der Waals surface area (Å²) >= 11 is 0. The molecule has 1 aliphatic heterocycles. The van der Waals surface area contributed by atoms with Crippen molar-refractivity contribution in [1.29, 1.82) is 0 Å². The van der Waals surface area contributed by atoms with Crippen molar-refractivity contribution >= 4 is 32.7 Å². The zero-order valence-electron chi connectivity index (χ0n) is 15.0. The Balaban J connectivity index is 1.67. The second-order valence-electron chi connectivity index (χ2n) is 6.51. The third-order valence-corrected chi connectivity index (χ3v) is 5.74. The molecule has 0 unspecified atom stereocenters. The van der Waals surface area contributed by atoms with Gasteiger partial charge in [0.1, 0.15) is 11.0 Å². The largest absolute Gasteiger partial charge is 0.273 e. The minimum Gasteiger partial charge on any atom is -0.267 e. The maximum atomic E-state index is 13.1. The number of amides is 2. The van der Waals surface area contributed by atoms with Crippen molar-refractivity contribution in [3.8, 4) is 0 Å². The van der Waals surface area contributed by atoms with Crippen LogP contribution in [0.1, 0.15) is 27.1 Å². The van der Waals surface area contributed by atoms with E-state index in [1.54, 1.807) is 30.3 Å². The van der Waals surface area contributed by atoms with Crippen molar-refractivity contribution in [3.63, 3.8) is 0 Å². The van der Waals surface area contributed by atoms with E-state index in [2.05, 4.69) is 15.4 Å². The summed E-state index contributed by atoms with van der Waals surface area (Å²) < 4.78 is 24.1. The van der Waals surface area contributed by atoms with Crippen LogP contribution in [0.5, 0.6) is 0 Å². The van der Waals surface area contributed by atoms with E-state index in [1.165, 1.54) is 22.2 Å². The quantitative estimate of drug-likeness (QED) is 0.709. The maximum absolute atomic E-state index is 13.1. The summed E-state index contributed by atoms with van der Waals surface area (Å²) in [4.78, 5) is 26.0. The highest BCUT2D eigenvalue weighted by atomic mass is 32.2. The molecule has 2 heterocycles. The molecule has 0 spiro atoms. The Hall–Kier alpha value is -3.27. The molecule has 0 saturated carbocycles. The Morgan fingerprint density at radius 3 is 2.39 bits per heavy atom. The number of nitrogens with zero attached hydrogens (tertiary/aromatic N) is 4. The smallest absolute Gasteiger partial charge is 0.267 e. The lowest BCUT2D eigenvalue weighted by atomic mass is 10.2. The molecule has 1 aliphatic rings. The SMILES string of the molecule is CS(=O)(=O)c1ccccc1C(=O)N1CCCN1C(=O)c1ccc2n[nH]nc2c1. The fourth-order valence-electron chi connectivity index (χ4n) is 3.26. The molecule has 9 nitrogen and oxygen atoms in total. The fraction of sp³-hybridized carbons (Fsp3) is 0.222. The minimum atomic E-state index is -3.59. The molecule has 1 fully saturated rings. The van der Waals surface area contributed by atoms with Crippen molar-refractivity contribution in [2.75, 3.05) is 19.3 Å². The summed E-state index contributed by atoms with van der Waals surface area (Å²) in [6, 6.07) is 10.9. The normalized spacial score (nSPS) is 14.6. The third-order valence-electron chi connectivity index (χ3n) is 4.58. The standard InChI is InChI=1S/C18H17N5O4S/c1-28(26,27)16-6-3-2-5-13(16)18(25)23-10-4-9-22(23)17(24)12-7-8-14-15(11-12)20-21-19-14/h2-3,5-8,11H,4,9-10H2,1H3,(H,19,20,21). The maximum Gasteiger partial charge on any atom is 0.273 e. The average molecular weight is 399 g/mol. The summed E-state index contributed by atoms with van der Waals surface area (Å²) in [6.45, 7) is 0.692. The Bertz CT molecular complexity index is 1190. The summed E-state index contributed by atoms with van der Waals surface area (Å²) in [5.41, 5.74) is 1.60. The predicted molar refractivity (Wildman–Crippen MR) is 100 cm³/mol. The van der Waals surface area contributed by atoms with Crippen LogP contribution in [0.4, 0.5) is 0 Å². The van der Waals surface area contributed by atoms with Crippen LogP contribution in [0.2, 0.25) is 0 Å². The van der Waals surface area contributed by atoms with E-state index in [0.717, 1.165) is 6.26 Å². The molecule has 0 aliphatic carbocycles. The van der Waals surface area contributed by atoms with Gasteiger partial charge in [0.2, 0.25) is 0 Å². The first-order chi connectivity index (χ1) is 13.4. The number of hydrazine groups is 1. The number of hydrogen-bond donors (Lipinski definition) is 1. The van der Waals surface area contributed by atoms with Crippen LogP contribution in [0.3, 0.4) is 0 Å². The third kappa shape index (κ3) is 3.11. The van der Waals surface area contributed by atoms with Gasteiger partial charge in [-0.15, -0.1) is 0 Å². The summed E-state index contributed by atoms with van der Waals surface area (Å²) in [5.74, 6) is -0.873. The number of H-pyrrole nitrogens is 1. The molecule has 0 bridgehead atoms. The number of carbonyl (C=O) groups is 2. The molecule has 28 heavy (non-hydrogen) atoms. The fourth-order valence-corrected chi connectivity index (χ4v) is 4.14. The van der Waals surface area contributed by atoms with Gasteiger partial charge in [0.05, 0.1) is 10.5 Å². The van der Waals surface area contributed by atoms with Gasteiger partial charge in [0, 0.05) is 24.9 Å². The Kier molecular flexibility index (Phi) is 4.34. The van der Waals surface area contributed by atoms with Gasteiger partial charge in [-0.1, -0.05) is 12.1 Å². The van der Waals surface area contributed by atoms with Crippen LogP contribution in [0, 0.1) is 0 Å². The van der Waals surface area contributed by atoms with E-state index in [9.17, 15) is 18.0 Å². The molecule has 0 radical (unpaired) electrons. The van der Waals surface area contributed by atoms with Gasteiger partial charge in [0.15, 0.2) is 9.84 Å². The highest BCUT2D eigenvalue weighted by Gasteiger charge is 2.34. The molecule has 3 aromatic rings. The Morgan fingerprint density at radius 1 is 0.964 bits per heavy atom. The molecule has 10 heteroatoms. The van der Waals surface area contributed by atoms with Crippen LogP contribution in [-0.4, -0.2) is 65.0 Å². The van der Waals surface area contributed by atoms with E-state index in [-0.39, 0.29) is 16.4 Å². The lowest BCUT2D eigenvalue weighted by molar-refractivity contribution is 0.0184. The van der Waals surface area contributed by atoms with Gasteiger partial charge in [-0.2, -0.15) is 15.4 Å². The van der Waals surface area contributed by atoms with E-state index >= 15 is 0 Å². The lowest BCUT2D eigenvalue weighted by Gasteiger charge is -2.28. The zero-order chi connectivity index (χ0) is 19.9. The molecule has 2 aromatic carbocycles. The topological polar surface area (TPSA) is 116 Å².